The summed E-state index contributed by atoms with van der Waals surface area (Å²) in [6.45, 7) is 2.79. The zero-order valence-corrected chi connectivity index (χ0v) is 7.64. The quantitative estimate of drug-likeness (QED) is 0.540. The molecule has 0 amide bonds. The topological polar surface area (TPSA) is 57.4 Å². The Morgan fingerprint density at radius 2 is 2.08 bits per heavy atom. The highest BCUT2D eigenvalue weighted by molar-refractivity contribution is 5.16. The van der Waals surface area contributed by atoms with Gasteiger partial charge in [0.1, 0.15) is 18.6 Å². The van der Waals surface area contributed by atoms with Crippen LogP contribution in [0.3, 0.4) is 0 Å². The van der Waals surface area contributed by atoms with Gasteiger partial charge in [0.15, 0.2) is 0 Å². The van der Waals surface area contributed by atoms with E-state index in [0.717, 1.165) is 5.75 Å². The average Bonchev–Trinajstić information content (AvgIpc) is 2.14. The summed E-state index contributed by atoms with van der Waals surface area (Å²) in [6.07, 6.45) is 3.13. The molecule has 4 heteroatoms. The molecule has 1 aromatic heterocycles. The normalized spacial score (nSPS) is 12.5. The highest BCUT2D eigenvalue weighted by Crippen LogP contribution is 2.05. The van der Waals surface area contributed by atoms with Crippen molar-refractivity contribution in [2.45, 2.75) is 13.2 Å². The molecule has 0 bridgehead atoms. The number of nitrogens with two attached hydrogens (primary N) is 1. The maximum absolute atomic E-state index is 5.38. The summed E-state index contributed by atoms with van der Waals surface area (Å²) in [5, 5.41) is 0. The molecule has 72 valence electrons. The second-order valence-corrected chi connectivity index (χ2v) is 2.61. The number of pyridine rings is 1. The van der Waals surface area contributed by atoms with E-state index in [2.05, 4.69) is 4.98 Å². The van der Waals surface area contributed by atoms with Gasteiger partial charge >= 0.3 is 0 Å². The number of aromatic nitrogens is 1. The molecule has 0 radical (unpaired) electrons. The predicted molar refractivity (Wildman–Crippen MR) is 49.3 cm³/mol. The smallest absolute Gasteiger partial charge is 0.122 e. The average molecular weight is 182 g/mol. The molecule has 0 saturated carbocycles. The Labute approximate surface area is 77.7 Å². The molecule has 0 aliphatic rings. The molecule has 1 heterocycles. The van der Waals surface area contributed by atoms with Gasteiger partial charge in [0, 0.05) is 12.4 Å². The third-order valence-electron chi connectivity index (χ3n) is 1.38. The van der Waals surface area contributed by atoms with E-state index in [1.807, 2.05) is 0 Å². The molecule has 0 saturated heterocycles. The first-order valence-electron chi connectivity index (χ1n) is 4.19. The molecule has 0 fully saturated rings. The molecule has 0 aliphatic heterocycles. The fourth-order valence-electron chi connectivity index (χ4n) is 0.828. The molecule has 1 aromatic rings. The Bertz CT molecular complexity index is 226. The maximum atomic E-state index is 5.38. The van der Waals surface area contributed by atoms with E-state index in [1.165, 1.54) is 0 Å². The van der Waals surface area contributed by atoms with E-state index in [1.54, 1.807) is 31.5 Å². The van der Waals surface area contributed by atoms with Gasteiger partial charge in [0.25, 0.3) is 0 Å². The van der Waals surface area contributed by atoms with Crippen LogP contribution in [0.5, 0.6) is 5.75 Å². The van der Waals surface area contributed by atoms with Crippen LogP contribution in [0, 0.1) is 0 Å². The van der Waals surface area contributed by atoms with Gasteiger partial charge in [-0.15, -0.1) is 0 Å². The minimum atomic E-state index is -0.235. The summed E-state index contributed by atoms with van der Waals surface area (Å²) in [6, 6.07) is 3.59. The minimum absolute atomic E-state index is 0.235. The number of nitrogens with zero attached hydrogens (tertiary/aromatic N) is 1. The van der Waals surface area contributed by atoms with Crippen molar-refractivity contribution in [3.8, 4) is 5.75 Å². The van der Waals surface area contributed by atoms with E-state index in [-0.39, 0.29) is 6.23 Å². The van der Waals surface area contributed by atoms with Gasteiger partial charge in [0.2, 0.25) is 0 Å². The second-order valence-electron chi connectivity index (χ2n) is 2.61. The van der Waals surface area contributed by atoms with Crippen LogP contribution in [0.15, 0.2) is 24.5 Å². The molecule has 0 aliphatic carbocycles. The SMILES string of the molecule is CC(N)OCCOc1ccncc1. The van der Waals surface area contributed by atoms with Gasteiger partial charge in [-0.3, -0.25) is 4.98 Å². The molecule has 0 spiro atoms. The lowest BCUT2D eigenvalue weighted by Crippen LogP contribution is -2.22. The molecule has 4 nitrogen and oxygen atoms in total. The molecule has 1 atom stereocenters. The highest BCUT2D eigenvalue weighted by atomic mass is 16.5. The van der Waals surface area contributed by atoms with Crippen LogP contribution >= 0.6 is 0 Å². The predicted octanol–water partition coefficient (Wildman–Crippen LogP) is 0.782. The first-order valence-corrected chi connectivity index (χ1v) is 4.19. The van der Waals surface area contributed by atoms with Crippen LogP contribution in [0.25, 0.3) is 0 Å². The van der Waals surface area contributed by atoms with Crippen molar-refractivity contribution in [2.24, 2.45) is 5.73 Å². The lowest BCUT2D eigenvalue weighted by Gasteiger charge is -2.08. The molecule has 1 unspecified atom stereocenters. The van der Waals surface area contributed by atoms with Crippen LogP contribution in [0.2, 0.25) is 0 Å². The summed E-state index contributed by atoms with van der Waals surface area (Å²) in [5.41, 5.74) is 5.38. The minimum Gasteiger partial charge on any atom is -0.491 e. The Morgan fingerprint density at radius 3 is 2.69 bits per heavy atom. The number of hydrogen-bond donors (Lipinski definition) is 1. The van der Waals surface area contributed by atoms with E-state index in [4.69, 9.17) is 15.2 Å². The Hall–Kier alpha value is -1.13. The monoisotopic (exact) mass is 182 g/mol. The largest absolute Gasteiger partial charge is 0.491 e. The Kier molecular flexibility index (Phi) is 4.21. The molecule has 13 heavy (non-hydrogen) atoms. The van der Waals surface area contributed by atoms with E-state index >= 15 is 0 Å². The molecule has 0 aromatic carbocycles. The van der Waals surface area contributed by atoms with Crippen molar-refractivity contribution in [2.75, 3.05) is 13.2 Å². The number of ether oxygens (including phenoxy) is 2. The Balaban J connectivity index is 2.13. The van der Waals surface area contributed by atoms with Crippen molar-refractivity contribution in [3.05, 3.63) is 24.5 Å². The van der Waals surface area contributed by atoms with Crippen LogP contribution in [0.4, 0.5) is 0 Å². The summed E-state index contributed by atoms with van der Waals surface area (Å²) in [4.78, 5) is 3.87. The molecule has 1 rings (SSSR count). The Morgan fingerprint density at radius 1 is 1.38 bits per heavy atom. The van der Waals surface area contributed by atoms with Crippen LogP contribution in [-0.4, -0.2) is 24.4 Å². The third-order valence-corrected chi connectivity index (χ3v) is 1.38. The summed E-state index contributed by atoms with van der Waals surface area (Å²) < 4.78 is 10.4. The first kappa shape index (κ1) is 9.95. The van der Waals surface area contributed by atoms with Crippen LogP contribution in [-0.2, 0) is 4.74 Å². The van der Waals surface area contributed by atoms with Gasteiger partial charge in [-0.25, -0.2) is 0 Å². The highest BCUT2D eigenvalue weighted by Gasteiger charge is 1.94. The van der Waals surface area contributed by atoms with Gasteiger partial charge in [0.05, 0.1) is 6.61 Å². The van der Waals surface area contributed by atoms with Gasteiger partial charge < -0.3 is 15.2 Å². The van der Waals surface area contributed by atoms with E-state index in [9.17, 15) is 0 Å². The van der Waals surface area contributed by atoms with Crippen molar-refractivity contribution in [1.29, 1.82) is 0 Å². The standard InChI is InChI=1S/C9H14N2O2/c1-8(10)12-6-7-13-9-2-4-11-5-3-9/h2-5,8H,6-7,10H2,1H3. The van der Waals surface area contributed by atoms with Crippen LogP contribution < -0.4 is 10.5 Å². The van der Waals surface area contributed by atoms with Gasteiger partial charge in [-0.2, -0.15) is 0 Å². The zero-order valence-electron chi connectivity index (χ0n) is 7.64. The molecule has 2 N–H and O–H groups in total. The number of hydrogen-bond acceptors (Lipinski definition) is 4. The lowest BCUT2D eigenvalue weighted by atomic mass is 10.4. The summed E-state index contributed by atoms with van der Waals surface area (Å²) in [7, 11) is 0. The third kappa shape index (κ3) is 4.45. The lowest BCUT2D eigenvalue weighted by molar-refractivity contribution is 0.0484. The van der Waals surface area contributed by atoms with Crippen LogP contribution in [0.1, 0.15) is 6.92 Å². The van der Waals surface area contributed by atoms with E-state index in [0.29, 0.717) is 13.2 Å². The van der Waals surface area contributed by atoms with Crippen molar-refractivity contribution in [1.82, 2.24) is 4.98 Å². The maximum Gasteiger partial charge on any atom is 0.122 e. The van der Waals surface area contributed by atoms with Crippen molar-refractivity contribution < 1.29 is 9.47 Å². The zero-order chi connectivity index (χ0) is 9.52. The molecular formula is C9H14N2O2. The second kappa shape index (κ2) is 5.50. The molecular weight excluding hydrogens is 168 g/mol. The van der Waals surface area contributed by atoms with Crippen molar-refractivity contribution >= 4 is 0 Å². The van der Waals surface area contributed by atoms with Gasteiger partial charge in [-0.05, 0) is 19.1 Å². The summed E-state index contributed by atoms with van der Waals surface area (Å²) >= 11 is 0. The van der Waals surface area contributed by atoms with E-state index < -0.39 is 0 Å². The van der Waals surface area contributed by atoms with Crippen molar-refractivity contribution in [3.63, 3.8) is 0 Å². The fourth-order valence-corrected chi connectivity index (χ4v) is 0.828. The summed E-state index contributed by atoms with van der Waals surface area (Å²) in [5.74, 6) is 0.795. The number of rotatable bonds is 5. The first-order chi connectivity index (χ1) is 6.29. The van der Waals surface area contributed by atoms with Gasteiger partial charge in [-0.1, -0.05) is 0 Å². The fraction of sp³-hybridized carbons (Fsp3) is 0.444.